The molecule has 0 aliphatic heterocycles. The summed E-state index contributed by atoms with van der Waals surface area (Å²) in [5.74, 6) is 0.653. The van der Waals surface area contributed by atoms with Crippen LogP contribution in [0.25, 0.3) is 5.57 Å². The van der Waals surface area contributed by atoms with Gasteiger partial charge in [-0.15, -0.1) is 0 Å². The van der Waals surface area contributed by atoms with Crippen molar-refractivity contribution >= 4 is 18.1 Å². The number of aliphatic imine (C=N–C) groups is 2. The van der Waals surface area contributed by atoms with Crippen molar-refractivity contribution in [3.05, 3.63) is 36.3 Å². The maximum absolute atomic E-state index is 4.20. The third kappa shape index (κ3) is 2.94. The first-order valence-corrected chi connectivity index (χ1v) is 4.33. The molecule has 1 rings (SSSR count). The molecule has 0 saturated heterocycles. The number of amidine groups is 1. The molecule has 3 heteroatoms. The second kappa shape index (κ2) is 5.07. The molecule has 72 valence electrons. The zero-order valence-corrected chi connectivity index (χ0v) is 8.44. The van der Waals surface area contributed by atoms with E-state index < -0.39 is 0 Å². The maximum Gasteiger partial charge on any atom is 0.124 e. The Hall–Kier alpha value is -1.77. The topological polar surface area (TPSA) is 37.6 Å². The van der Waals surface area contributed by atoms with Gasteiger partial charge in [-0.3, -0.25) is 4.98 Å². The van der Waals surface area contributed by atoms with E-state index >= 15 is 0 Å². The molecular formula is C11H13N3. The molecule has 1 heterocycles. The van der Waals surface area contributed by atoms with E-state index in [1.807, 2.05) is 25.1 Å². The molecule has 0 spiro atoms. The van der Waals surface area contributed by atoms with Crippen LogP contribution in [0.15, 0.2) is 40.6 Å². The van der Waals surface area contributed by atoms with Crippen molar-refractivity contribution in [3.63, 3.8) is 0 Å². The van der Waals surface area contributed by atoms with E-state index in [-0.39, 0.29) is 0 Å². The molecule has 0 aromatic carbocycles. The molecule has 0 aliphatic rings. The molecule has 14 heavy (non-hydrogen) atoms. The Balaban J connectivity index is 2.86. The highest BCUT2D eigenvalue weighted by atomic mass is 14.9. The van der Waals surface area contributed by atoms with Crippen molar-refractivity contribution in [2.75, 3.05) is 0 Å². The lowest BCUT2D eigenvalue weighted by atomic mass is 10.2. The summed E-state index contributed by atoms with van der Waals surface area (Å²) in [6.07, 6.45) is 3.50. The van der Waals surface area contributed by atoms with Crippen LogP contribution in [0, 0.1) is 0 Å². The van der Waals surface area contributed by atoms with E-state index in [0.29, 0.717) is 5.84 Å². The van der Waals surface area contributed by atoms with Gasteiger partial charge in [-0.1, -0.05) is 6.07 Å². The molecule has 1 aromatic rings. The van der Waals surface area contributed by atoms with Crippen molar-refractivity contribution in [1.29, 1.82) is 0 Å². The van der Waals surface area contributed by atoms with Gasteiger partial charge >= 0.3 is 0 Å². The number of hydrogen-bond acceptors (Lipinski definition) is 2. The molecule has 0 radical (unpaired) electrons. The van der Waals surface area contributed by atoms with Crippen LogP contribution in [0.2, 0.25) is 0 Å². The Morgan fingerprint density at radius 1 is 1.43 bits per heavy atom. The van der Waals surface area contributed by atoms with Crippen LogP contribution in [-0.2, 0) is 0 Å². The molecule has 1 aromatic heterocycles. The van der Waals surface area contributed by atoms with Crippen molar-refractivity contribution in [2.24, 2.45) is 9.98 Å². The van der Waals surface area contributed by atoms with Gasteiger partial charge in [-0.2, -0.15) is 0 Å². The average molecular weight is 187 g/mol. The minimum absolute atomic E-state index is 0.653. The molecule has 0 atom stereocenters. The van der Waals surface area contributed by atoms with Crippen molar-refractivity contribution in [1.82, 2.24) is 4.98 Å². The number of hydrogen-bond donors (Lipinski definition) is 0. The Morgan fingerprint density at radius 3 is 2.79 bits per heavy atom. The number of rotatable bonds is 2. The highest BCUT2D eigenvalue weighted by Gasteiger charge is 1.93. The van der Waals surface area contributed by atoms with E-state index in [9.17, 15) is 0 Å². The Morgan fingerprint density at radius 2 is 2.21 bits per heavy atom. The molecule has 0 N–H and O–H groups in total. The van der Waals surface area contributed by atoms with Gasteiger partial charge in [0, 0.05) is 12.4 Å². The van der Waals surface area contributed by atoms with E-state index in [2.05, 4.69) is 21.7 Å². The van der Waals surface area contributed by atoms with Crippen molar-refractivity contribution in [2.45, 2.75) is 13.8 Å². The molecule has 0 unspecified atom stereocenters. The highest BCUT2D eigenvalue weighted by molar-refractivity contribution is 5.84. The molecule has 3 nitrogen and oxygen atoms in total. The van der Waals surface area contributed by atoms with Crippen LogP contribution in [-0.4, -0.2) is 17.5 Å². The summed E-state index contributed by atoms with van der Waals surface area (Å²) in [7, 11) is 0. The minimum atomic E-state index is 0.653. The third-order valence-electron chi connectivity index (χ3n) is 1.74. The Kier molecular flexibility index (Phi) is 3.73. The number of nitrogens with zero attached hydrogens (tertiary/aromatic N) is 3. The molecule has 0 amide bonds. The number of allylic oxidation sites excluding steroid dienone is 1. The number of pyridine rings is 1. The van der Waals surface area contributed by atoms with Crippen LogP contribution in [0.3, 0.4) is 0 Å². The molecule has 0 saturated carbocycles. The summed E-state index contributed by atoms with van der Waals surface area (Å²) in [5, 5.41) is 0. The van der Waals surface area contributed by atoms with Gasteiger partial charge < -0.3 is 0 Å². The summed E-state index contributed by atoms with van der Waals surface area (Å²) >= 11 is 0. The quantitative estimate of drug-likeness (QED) is 0.518. The maximum atomic E-state index is 4.20. The third-order valence-corrected chi connectivity index (χ3v) is 1.74. The molecule has 0 aliphatic carbocycles. The van der Waals surface area contributed by atoms with E-state index in [0.717, 1.165) is 11.3 Å². The molecular weight excluding hydrogens is 174 g/mol. The lowest BCUT2D eigenvalue weighted by Crippen LogP contribution is -1.85. The van der Waals surface area contributed by atoms with E-state index in [1.54, 1.807) is 19.3 Å². The zero-order valence-electron chi connectivity index (χ0n) is 8.44. The monoisotopic (exact) mass is 187 g/mol. The van der Waals surface area contributed by atoms with Crippen LogP contribution < -0.4 is 0 Å². The highest BCUT2D eigenvalue weighted by Crippen LogP contribution is 2.09. The fourth-order valence-corrected chi connectivity index (χ4v) is 0.893. The second-order valence-electron chi connectivity index (χ2n) is 2.86. The normalized spacial score (nSPS) is 12.7. The van der Waals surface area contributed by atoms with Gasteiger partial charge in [0.2, 0.25) is 0 Å². The number of aromatic nitrogens is 1. The van der Waals surface area contributed by atoms with Gasteiger partial charge in [0.05, 0.1) is 5.69 Å². The van der Waals surface area contributed by atoms with Crippen LogP contribution in [0.1, 0.15) is 19.5 Å². The van der Waals surface area contributed by atoms with Gasteiger partial charge in [-0.05, 0) is 38.3 Å². The summed E-state index contributed by atoms with van der Waals surface area (Å²) in [5.41, 5.74) is 1.93. The SMILES string of the molecule is C=N/C(C)=N\C=C(/C)c1ccccn1. The van der Waals surface area contributed by atoms with Gasteiger partial charge in [0.25, 0.3) is 0 Å². The van der Waals surface area contributed by atoms with E-state index in [4.69, 9.17) is 0 Å². The van der Waals surface area contributed by atoms with Gasteiger partial charge in [0.1, 0.15) is 5.84 Å². The predicted molar refractivity (Wildman–Crippen MR) is 60.5 cm³/mol. The Bertz CT molecular complexity index is 363. The predicted octanol–water partition coefficient (Wildman–Crippen LogP) is 2.56. The first kappa shape index (κ1) is 10.3. The van der Waals surface area contributed by atoms with Crippen molar-refractivity contribution in [3.8, 4) is 0 Å². The zero-order chi connectivity index (χ0) is 10.4. The lowest BCUT2D eigenvalue weighted by molar-refractivity contribution is 1.26. The minimum Gasteiger partial charge on any atom is -0.257 e. The van der Waals surface area contributed by atoms with Gasteiger partial charge in [0.15, 0.2) is 0 Å². The fourth-order valence-electron chi connectivity index (χ4n) is 0.893. The van der Waals surface area contributed by atoms with Gasteiger partial charge in [-0.25, -0.2) is 9.98 Å². The van der Waals surface area contributed by atoms with Crippen molar-refractivity contribution < 1.29 is 0 Å². The van der Waals surface area contributed by atoms with E-state index in [1.165, 1.54) is 0 Å². The first-order chi connectivity index (χ1) is 6.74. The Labute approximate surface area is 83.9 Å². The second-order valence-corrected chi connectivity index (χ2v) is 2.86. The molecule has 0 fully saturated rings. The average Bonchev–Trinajstić information content (AvgIpc) is 2.26. The lowest BCUT2D eigenvalue weighted by Gasteiger charge is -1.97. The summed E-state index contributed by atoms with van der Waals surface area (Å²) in [6.45, 7) is 7.15. The van der Waals surface area contributed by atoms with Crippen LogP contribution >= 0.6 is 0 Å². The summed E-state index contributed by atoms with van der Waals surface area (Å²) in [4.78, 5) is 12.0. The standard InChI is InChI=1S/C11H13N3/c1-9(8-14-10(2)12-3)11-6-4-5-7-13-11/h4-8H,3H2,1-2H3/b9-8+,14-10-. The summed E-state index contributed by atoms with van der Waals surface area (Å²) in [6, 6.07) is 5.77. The van der Waals surface area contributed by atoms with Crippen LogP contribution in [0.4, 0.5) is 0 Å². The first-order valence-electron chi connectivity index (χ1n) is 4.33. The largest absolute Gasteiger partial charge is 0.257 e. The van der Waals surface area contributed by atoms with Crippen LogP contribution in [0.5, 0.6) is 0 Å². The fraction of sp³-hybridized carbons (Fsp3) is 0.182. The molecule has 0 bridgehead atoms. The summed E-state index contributed by atoms with van der Waals surface area (Å²) < 4.78 is 0. The smallest absolute Gasteiger partial charge is 0.124 e.